The summed E-state index contributed by atoms with van der Waals surface area (Å²) < 4.78 is 5.49. The standard InChI is InChI=1S/C16H22N2O5/c1-17(11-16(21)22)13-9-18(10-14(13)19)15(20)7-8-23-12-5-3-2-4-6-12/h2-6,13-14,19H,7-11H2,1H3,(H,21,22)/t13-,14-/m1/s1. The summed E-state index contributed by atoms with van der Waals surface area (Å²) in [7, 11) is 1.63. The maximum Gasteiger partial charge on any atom is 0.317 e. The monoisotopic (exact) mass is 322 g/mol. The molecule has 1 aromatic rings. The fourth-order valence-electron chi connectivity index (χ4n) is 2.67. The Hall–Kier alpha value is -2.12. The molecule has 2 atom stereocenters. The summed E-state index contributed by atoms with van der Waals surface area (Å²) in [6, 6.07) is 8.89. The lowest BCUT2D eigenvalue weighted by molar-refractivity contribution is -0.138. The van der Waals surface area contributed by atoms with Gasteiger partial charge < -0.3 is 19.8 Å². The highest BCUT2D eigenvalue weighted by atomic mass is 16.5. The lowest BCUT2D eigenvalue weighted by Gasteiger charge is -2.24. The molecule has 0 bridgehead atoms. The zero-order chi connectivity index (χ0) is 16.8. The van der Waals surface area contributed by atoms with Crippen LogP contribution in [0.15, 0.2) is 30.3 Å². The first-order valence-electron chi connectivity index (χ1n) is 7.53. The molecule has 1 aromatic carbocycles. The van der Waals surface area contributed by atoms with Gasteiger partial charge >= 0.3 is 5.97 Å². The van der Waals surface area contributed by atoms with Crippen LogP contribution in [0.25, 0.3) is 0 Å². The van der Waals surface area contributed by atoms with Crippen molar-refractivity contribution in [1.82, 2.24) is 9.80 Å². The number of aliphatic hydroxyl groups is 1. The number of β-amino-alcohol motifs (C(OH)–C–C–N with tert-alkyl or cyclic N) is 1. The highest BCUT2D eigenvalue weighted by molar-refractivity contribution is 5.76. The fourth-order valence-corrected chi connectivity index (χ4v) is 2.67. The Labute approximate surface area is 135 Å². The molecule has 126 valence electrons. The van der Waals surface area contributed by atoms with Gasteiger partial charge in [-0.15, -0.1) is 0 Å². The molecule has 1 saturated heterocycles. The highest BCUT2D eigenvalue weighted by Crippen LogP contribution is 2.16. The molecule has 0 unspecified atom stereocenters. The summed E-state index contributed by atoms with van der Waals surface area (Å²) in [5.74, 6) is -0.354. The van der Waals surface area contributed by atoms with Crippen molar-refractivity contribution in [3.63, 3.8) is 0 Å². The molecule has 2 rings (SSSR count). The van der Waals surface area contributed by atoms with E-state index in [-0.39, 0.29) is 38.1 Å². The number of rotatable bonds is 7. The number of carbonyl (C=O) groups is 2. The first kappa shape index (κ1) is 17.2. The van der Waals surface area contributed by atoms with Crippen LogP contribution < -0.4 is 4.74 Å². The molecule has 1 amide bonds. The first-order valence-corrected chi connectivity index (χ1v) is 7.53. The van der Waals surface area contributed by atoms with E-state index >= 15 is 0 Å². The SMILES string of the molecule is CN(CC(=O)O)[C@@H]1CN(C(=O)CCOc2ccccc2)C[C@H]1O. The predicted octanol–water partition coefficient (Wildman–Crippen LogP) is 0.0436. The van der Waals surface area contributed by atoms with Crippen molar-refractivity contribution >= 4 is 11.9 Å². The van der Waals surface area contributed by atoms with Gasteiger partial charge in [0.25, 0.3) is 0 Å². The number of aliphatic hydroxyl groups excluding tert-OH is 1. The van der Waals surface area contributed by atoms with Gasteiger partial charge in [0.15, 0.2) is 0 Å². The van der Waals surface area contributed by atoms with Crippen molar-refractivity contribution in [2.75, 3.05) is 33.3 Å². The van der Waals surface area contributed by atoms with Crippen LogP contribution in [0.1, 0.15) is 6.42 Å². The smallest absolute Gasteiger partial charge is 0.317 e. The van der Waals surface area contributed by atoms with Crippen LogP contribution >= 0.6 is 0 Å². The predicted molar refractivity (Wildman–Crippen MR) is 83.2 cm³/mol. The number of carbonyl (C=O) groups excluding carboxylic acids is 1. The molecule has 1 aliphatic heterocycles. The van der Waals surface area contributed by atoms with E-state index in [0.29, 0.717) is 12.3 Å². The van der Waals surface area contributed by atoms with Gasteiger partial charge in [-0.1, -0.05) is 18.2 Å². The summed E-state index contributed by atoms with van der Waals surface area (Å²) >= 11 is 0. The second-order valence-corrected chi connectivity index (χ2v) is 5.65. The number of para-hydroxylation sites is 1. The van der Waals surface area contributed by atoms with Gasteiger partial charge in [0.05, 0.1) is 31.7 Å². The highest BCUT2D eigenvalue weighted by Gasteiger charge is 2.36. The van der Waals surface area contributed by atoms with Crippen LogP contribution in [-0.4, -0.2) is 77.3 Å². The summed E-state index contributed by atoms with van der Waals surface area (Å²) in [6.07, 6.45) is -0.518. The fraction of sp³-hybridized carbons (Fsp3) is 0.500. The Morgan fingerprint density at radius 2 is 2.00 bits per heavy atom. The third-order valence-electron chi connectivity index (χ3n) is 3.89. The van der Waals surface area contributed by atoms with E-state index < -0.39 is 12.1 Å². The number of ether oxygens (including phenoxy) is 1. The second kappa shape index (κ2) is 7.94. The van der Waals surface area contributed by atoms with Crippen molar-refractivity contribution in [3.05, 3.63) is 30.3 Å². The number of carboxylic acid groups (broad SMARTS) is 1. The number of benzene rings is 1. The van der Waals surface area contributed by atoms with E-state index in [1.54, 1.807) is 16.8 Å². The zero-order valence-corrected chi connectivity index (χ0v) is 13.1. The number of likely N-dealkylation sites (N-methyl/N-ethyl adjacent to an activating group) is 1. The molecule has 0 aliphatic carbocycles. The minimum atomic E-state index is -0.958. The average molecular weight is 322 g/mol. The number of likely N-dealkylation sites (tertiary alicyclic amines) is 1. The third-order valence-corrected chi connectivity index (χ3v) is 3.89. The molecular weight excluding hydrogens is 300 g/mol. The largest absolute Gasteiger partial charge is 0.493 e. The van der Waals surface area contributed by atoms with E-state index in [0.717, 1.165) is 0 Å². The quantitative estimate of drug-likeness (QED) is 0.737. The van der Waals surface area contributed by atoms with Crippen molar-refractivity contribution in [2.24, 2.45) is 0 Å². The Bertz CT molecular complexity index is 537. The van der Waals surface area contributed by atoms with Crippen LogP contribution in [-0.2, 0) is 9.59 Å². The molecule has 1 heterocycles. The van der Waals surface area contributed by atoms with Gasteiger partial charge in [0.1, 0.15) is 5.75 Å². The number of nitrogens with zero attached hydrogens (tertiary/aromatic N) is 2. The Morgan fingerprint density at radius 3 is 2.65 bits per heavy atom. The first-order chi connectivity index (χ1) is 11.0. The van der Waals surface area contributed by atoms with E-state index in [4.69, 9.17) is 9.84 Å². The summed E-state index contributed by atoms with van der Waals surface area (Å²) in [4.78, 5) is 26.0. The van der Waals surface area contributed by atoms with Crippen LogP contribution in [0.2, 0.25) is 0 Å². The van der Waals surface area contributed by atoms with Gasteiger partial charge in [0, 0.05) is 13.1 Å². The lowest BCUT2D eigenvalue weighted by atomic mass is 10.2. The molecular formula is C16H22N2O5. The van der Waals surface area contributed by atoms with Gasteiger partial charge in [0.2, 0.25) is 5.91 Å². The topological polar surface area (TPSA) is 90.3 Å². The molecule has 23 heavy (non-hydrogen) atoms. The molecule has 7 nitrogen and oxygen atoms in total. The van der Waals surface area contributed by atoms with Crippen molar-refractivity contribution in [1.29, 1.82) is 0 Å². The second-order valence-electron chi connectivity index (χ2n) is 5.65. The zero-order valence-electron chi connectivity index (χ0n) is 13.1. The summed E-state index contributed by atoms with van der Waals surface area (Å²) in [5, 5.41) is 18.8. The molecule has 0 saturated carbocycles. The lowest BCUT2D eigenvalue weighted by Crippen LogP contribution is -2.43. The van der Waals surface area contributed by atoms with E-state index in [9.17, 15) is 14.7 Å². The maximum absolute atomic E-state index is 12.2. The minimum Gasteiger partial charge on any atom is -0.493 e. The van der Waals surface area contributed by atoms with Gasteiger partial charge in [-0.3, -0.25) is 14.5 Å². The number of carboxylic acids is 1. The van der Waals surface area contributed by atoms with Crippen LogP contribution in [0.5, 0.6) is 5.75 Å². The van der Waals surface area contributed by atoms with E-state index in [2.05, 4.69) is 0 Å². The Morgan fingerprint density at radius 1 is 1.30 bits per heavy atom. The van der Waals surface area contributed by atoms with Crippen LogP contribution in [0, 0.1) is 0 Å². The number of hydrogen-bond donors (Lipinski definition) is 2. The average Bonchev–Trinajstić information content (AvgIpc) is 2.90. The van der Waals surface area contributed by atoms with Gasteiger partial charge in [-0.2, -0.15) is 0 Å². The summed E-state index contributed by atoms with van der Waals surface area (Å²) in [6.45, 7) is 0.653. The maximum atomic E-state index is 12.2. The Balaban J connectivity index is 1.78. The van der Waals surface area contributed by atoms with Crippen LogP contribution in [0.3, 0.4) is 0 Å². The molecule has 0 radical (unpaired) electrons. The molecule has 2 N–H and O–H groups in total. The van der Waals surface area contributed by atoms with E-state index in [1.165, 1.54) is 0 Å². The van der Waals surface area contributed by atoms with Crippen molar-refractivity contribution in [3.8, 4) is 5.75 Å². The van der Waals surface area contributed by atoms with Crippen molar-refractivity contribution in [2.45, 2.75) is 18.6 Å². The molecule has 0 aromatic heterocycles. The number of amides is 1. The molecule has 1 fully saturated rings. The molecule has 7 heteroatoms. The van der Waals surface area contributed by atoms with E-state index in [1.807, 2.05) is 30.3 Å². The Kier molecular flexibility index (Phi) is 5.95. The van der Waals surface area contributed by atoms with Gasteiger partial charge in [-0.05, 0) is 19.2 Å². The number of hydrogen-bond acceptors (Lipinski definition) is 5. The van der Waals surface area contributed by atoms with Gasteiger partial charge in [-0.25, -0.2) is 0 Å². The normalized spacial score (nSPS) is 20.7. The number of aliphatic carboxylic acids is 1. The molecule has 1 aliphatic rings. The van der Waals surface area contributed by atoms with Crippen molar-refractivity contribution < 1.29 is 24.5 Å². The molecule has 0 spiro atoms. The van der Waals surface area contributed by atoms with Crippen LogP contribution in [0.4, 0.5) is 0 Å². The summed E-state index contributed by atoms with van der Waals surface area (Å²) in [5.41, 5.74) is 0. The third kappa shape index (κ3) is 4.94. The minimum absolute atomic E-state index is 0.105.